The molecular formula is C21H18O5. The Bertz CT molecular complexity index is 1030. The topological polar surface area (TPSA) is 65.7 Å². The number of esters is 1. The molecule has 2 heterocycles. The average molecular weight is 350 g/mol. The first-order valence-corrected chi connectivity index (χ1v) is 8.44. The summed E-state index contributed by atoms with van der Waals surface area (Å²) in [5.41, 5.74) is 0.792. The van der Waals surface area contributed by atoms with E-state index in [4.69, 9.17) is 13.9 Å². The van der Waals surface area contributed by atoms with Crippen LogP contribution in [0.1, 0.15) is 29.8 Å². The molecule has 0 bridgehead atoms. The van der Waals surface area contributed by atoms with Crippen LogP contribution in [0.5, 0.6) is 5.75 Å². The van der Waals surface area contributed by atoms with Gasteiger partial charge in [-0.2, -0.15) is 0 Å². The number of carbonyl (C=O) groups is 1. The summed E-state index contributed by atoms with van der Waals surface area (Å²) in [6, 6.07) is 15.6. The predicted octanol–water partition coefficient (Wildman–Crippen LogP) is 3.73. The first-order valence-electron chi connectivity index (χ1n) is 8.44. The second-order valence-electron chi connectivity index (χ2n) is 6.92. The zero-order chi connectivity index (χ0) is 18.3. The third kappa shape index (κ3) is 2.96. The van der Waals surface area contributed by atoms with E-state index in [9.17, 15) is 9.59 Å². The van der Waals surface area contributed by atoms with Crippen molar-refractivity contribution in [1.29, 1.82) is 0 Å². The molecular weight excluding hydrogens is 332 g/mol. The Hall–Kier alpha value is -3.08. The number of carbonyl (C=O) groups excluding carboxylic acids is 1. The Morgan fingerprint density at radius 1 is 1.12 bits per heavy atom. The number of hydrogen-bond donors (Lipinski definition) is 0. The van der Waals surface area contributed by atoms with Gasteiger partial charge >= 0.3 is 11.6 Å². The summed E-state index contributed by atoms with van der Waals surface area (Å²) in [5.74, 6) is 0.270. The minimum Gasteiger partial charge on any atom is -0.484 e. The molecule has 0 saturated carbocycles. The van der Waals surface area contributed by atoms with Crippen molar-refractivity contribution in [2.24, 2.45) is 0 Å². The zero-order valence-electron chi connectivity index (χ0n) is 14.5. The van der Waals surface area contributed by atoms with Crippen LogP contribution in [0.25, 0.3) is 11.0 Å². The van der Waals surface area contributed by atoms with Crippen molar-refractivity contribution in [3.05, 3.63) is 76.1 Å². The van der Waals surface area contributed by atoms with Gasteiger partial charge in [-0.1, -0.05) is 18.2 Å². The highest BCUT2D eigenvalue weighted by atomic mass is 16.6. The molecule has 1 aliphatic rings. The molecule has 0 unspecified atom stereocenters. The monoisotopic (exact) mass is 350 g/mol. The number of benzene rings is 2. The van der Waals surface area contributed by atoms with Gasteiger partial charge in [0.2, 0.25) is 0 Å². The summed E-state index contributed by atoms with van der Waals surface area (Å²) < 4.78 is 17.0. The minimum atomic E-state index is -0.708. The van der Waals surface area contributed by atoms with Gasteiger partial charge in [-0.15, -0.1) is 0 Å². The van der Waals surface area contributed by atoms with E-state index in [2.05, 4.69) is 0 Å². The van der Waals surface area contributed by atoms with Crippen LogP contribution in [0.15, 0.2) is 63.8 Å². The molecule has 1 atom stereocenters. The van der Waals surface area contributed by atoms with E-state index in [-0.39, 0.29) is 5.97 Å². The lowest BCUT2D eigenvalue weighted by molar-refractivity contribution is -0.0593. The standard InChI is InChI=1S/C21H18O5/c1-21(2)18(25-20(23)13-6-4-3-5-7-13)11-15-10-14-8-9-19(22)24-16(14)12-17(15)26-21/h3-10,12,18H,11H2,1-2H3/t18-/m0/s1. The molecule has 0 fully saturated rings. The fraction of sp³-hybridized carbons (Fsp3) is 0.238. The van der Waals surface area contributed by atoms with Crippen molar-refractivity contribution in [1.82, 2.24) is 0 Å². The predicted molar refractivity (Wildman–Crippen MR) is 96.5 cm³/mol. The first-order chi connectivity index (χ1) is 12.4. The lowest BCUT2D eigenvalue weighted by atomic mass is 9.90. The minimum absolute atomic E-state index is 0.373. The van der Waals surface area contributed by atoms with E-state index in [1.807, 2.05) is 26.0 Å². The average Bonchev–Trinajstić information content (AvgIpc) is 2.61. The fourth-order valence-corrected chi connectivity index (χ4v) is 3.15. The molecule has 3 aromatic rings. The van der Waals surface area contributed by atoms with E-state index in [0.29, 0.717) is 23.3 Å². The van der Waals surface area contributed by atoms with Crippen molar-refractivity contribution in [2.75, 3.05) is 0 Å². The molecule has 0 spiro atoms. The third-order valence-corrected chi connectivity index (χ3v) is 4.61. The molecule has 0 saturated heterocycles. The number of hydrogen-bond acceptors (Lipinski definition) is 5. The van der Waals surface area contributed by atoms with Gasteiger partial charge in [-0.05, 0) is 43.7 Å². The summed E-state index contributed by atoms with van der Waals surface area (Å²) in [4.78, 5) is 23.9. The van der Waals surface area contributed by atoms with E-state index >= 15 is 0 Å². The van der Waals surface area contributed by atoms with Gasteiger partial charge in [-0.25, -0.2) is 9.59 Å². The number of rotatable bonds is 2. The lowest BCUT2D eigenvalue weighted by Gasteiger charge is -2.39. The summed E-state index contributed by atoms with van der Waals surface area (Å²) in [6.45, 7) is 3.76. The molecule has 0 radical (unpaired) electrons. The molecule has 5 heteroatoms. The SMILES string of the molecule is CC1(C)Oc2cc3oc(=O)ccc3cc2C[C@@H]1OC(=O)c1ccccc1. The molecule has 4 rings (SSSR count). The summed E-state index contributed by atoms with van der Waals surface area (Å²) >= 11 is 0. The summed E-state index contributed by atoms with van der Waals surface area (Å²) in [7, 11) is 0. The maximum atomic E-state index is 12.4. The van der Waals surface area contributed by atoms with E-state index in [1.165, 1.54) is 6.07 Å². The fourth-order valence-electron chi connectivity index (χ4n) is 3.15. The quantitative estimate of drug-likeness (QED) is 0.520. The van der Waals surface area contributed by atoms with Crippen LogP contribution in [-0.4, -0.2) is 17.7 Å². The Kier molecular flexibility index (Phi) is 3.80. The van der Waals surface area contributed by atoms with Crippen molar-refractivity contribution in [3.8, 4) is 5.75 Å². The largest absolute Gasteiger partial charge is 0.484 e. The lowest BCUT2D eigenvalue weighted by Crippen LogP contribution is -2.48. The van der Waals surface area contributed by atoms with Crippen LogP contribution >= 0.6 is 0 Å². The molecule has 0 N–H and O–H groups in total. The van der Waals surface area contributed by atoms with Crippen LogP contribution in [0.4, 0.5) is 0 Å². The highest BCUT2D eigenvalue weighted by molar-refractivity contribution is 5.89. The van der Waals surface area contributed by atoms with Gasteiger partial charge in [0.1, 0.15) is 23.0 Å². The van der Waals surface area contributed by atoms with Gasteiger partial charge in [-0.3, -0.25) is 0 Å². The van der Waals surface area contributed by atoms with Gasteiger partial charge in [0.05, 0.1) is 5.56 Å². The van der Waals surface area contributed by atoms with Gasteiger partial charge in [0.15, 0.2) is 0 Å². The molecule has 0 aliphatic carbocycles. The van der Waals surface area contributed by atoms with Crippen LogP contribution in [0, 0.1) is 0 Å². The molecule has 26 heavy (non-hydrogen) atoms. The van der Waals surface area contributed by atoms with Crippen LogP contribution in [0.3, 0.4) is 0 Å². The Balaban J connectivity index is 1.66. The van der Waals surface area contributed by atoms with Crippen molar-refractivity contribution >= 4 is 16.9 Å². The van der Waals surface area contributed by atoms with E-state index < -0.39 is 17.3 Å². The summed E-state index contributed by atoms with van der Waals surface area (Å²) in [5, 5.41) is 0.805. The smallest absolute Gasteiger partial charge is 0.338 e. The van der Waals surface area contributed by atoms with E-state index in [1.54, 1.807) is 36.4 Å². The second kappa shape index (κ2) is 6.02. The Morgan fingerprint density at radius 3 is 2.65 bits per heavy atom. The maximum Gasteiger partial charge on any atom is 0.338 e. The van der Waals surface area contributed by atoms with Gasteiger partial charge < -0.3 is 13.9 Å². The molecule has 1 aromatic heterocycles. The normalized spacial score (nSPS) is 18.0. The van der Waals surface area contributed by atoms with E-state index in [0.717, 1.165) is 10.9 Å². The van der Waals surface area contributed by atoms with Gasteiger partial charge in [0, 0.05) is 23.9 Å². The molecule has 5 nitrogen and oxygen atoms in total. The molecule has 2 aromatic carbocycles. The third-order valence-electron chi connectivity index (χ3n) is 4.61. The van der Waals surface area contributed by atoms with Crippen molar-refractivity contribution in [3.63, 3.8) is 0 Å². The highest BCUT2D eigenvalue weighted by Crippen LogP contribution is 2.37. The maximum absolute atomic E-state index is 12.4. The van der Waals surface area contributed by atoms with Crippen molar-refractivity contribution < 1.29 is 18.7 Å². The summed E-state index contributed by atoms with van der Waals surface area (Å²) in [6.07, 6.45) is 0.0894. The highest BCUT2D eigenvalue weighted by Gasteiger charge is 2.40. The Labute approximate surface area is 150 Å². The number of ether oxygens (including phenoxy) is 2. The van der Waals surface area contributed by atoms with Gasteiger partial charge in [0.25, 0.3) is 0 Å². The first kappa shape index (κ1) is 16.4. The van der Waals surface area contributed by atoms with Crippen molar-refractivity contribution in [2.45, 2.75) is 32.0 Å². The van der Waals surface area contributed by atoms with Crippen LogP contribution < -0.4 is 10.4 Å². The molecule has 1 aliphatic heterocycles. The zero-order valence-corrected chi connectivity index (χ0v) is 14.5. The van der Waals surface area contributed by atoms with Crippen LogP contribution in [0.2, 0.25) is 0 Å². The number of fused-ring (bicyclic) bond motifs is 2. The van der Waals surface area contributed by atoms with Crippen LogP contribution in [-0.2, 0) is 11.2 Å². The molecule has 132 valence electrons. The molecule has 0 amide bonds. The second-order valence-corrected chi connectivity index (χ2v) is 6.92. The Morgan fingerprint density at radius 2 is 1.88 bits per heavy atom.